The minimum atomic E-state index is -1.04. The Morgan fingerprint density at radius 2 is 1.90 bits per heavy atom. The smallest absolute Gasteiger partial charge is 0.330 e. The van der Waals surface area contributed by atoms with Crippen LogP contribution in [0.15, 0.2) is 24.3 Å². The van der Waals surface area contributed by atoms with Gasteiger partial charge in [-0.2, -0.15) is 0 Å². The number of unbranched alkanes of at least 4 members (excludes halogenated alkanes) is 1. The van der Waals surface area contributed by atoms with Crippen LogP contribution in [-0.2, 0) is 30.3 Å². The maximum absolute atomic E-state index is 14.2. The van der Waals surface area contributed by atoms with Crippen LogP contribution in [0.2, 0.25) is 0 Å². The first kappa shape index (κ1) is 30.2. The lowest BCUT2D eigenvalue weighted by molar-refractivity contribution is -0.134. The molecular weight excluding hydrogens is 515 g/mol. The van der Waals surface area contributed by atoms with Crippen LogP contribution in [0.1, 0.15) is 75.3 Å². The number of esters is 1. The number of aliphatic hydroxyl groups is 1. The van der Waals surface area contributed by atoms with Gasteiger partial charge in [0.1, 0.15) is 11.9 Å². The van der Waals surface area contributed by atoms with Gasteiger partial charge in [0.25, 0.3) is 0 Å². The number of aliphatic hydroxyl groups excluding tert-OH is 1. The normalized spacial score (nSPS) is 25.2. The molecule has 3 fully saturated rings. The van der Waals surface area contributed by atoms with E-state index in [-0.39, 0.29) is 24.0 Å². The van der Waals surface area contributed by atoms with Crippen molar-refractivity contribution in [2.75, 3.05) is 20.3 Å². The molecule has 9 heteroatoms. The van der Waals surface area contributed by atoms with Crippen LogP contribution < -0.4 is 10.6 Å². The van der Waals surface area contributed by atoms with E-state index in [1.807, 2.05) is 0 Å². The van der Waals surface area contributed by atoms with Crippen molar-refractivity contribution in [1.29, 1.82) is 0 Å². The highest BCUT2D eigenvalue weighted by molar-refractivity contribution is 5.89. The average molecular weight is 559 g/mol. The van der Waals surface area contributed by atoms with Crippen LogP contribution in [0.4, 0.5) is 4.39 Å². The van der Waals surface area contributed by atoms with Crippen LogP contribution in [0.5, 0.6) is 0 Å². The Morgan fingerprint density at radius 3 is 2.65 bits per heavy atom. The summed E-state index contributed by atoms with van der Waals surface area (Å²) in [6.07, 6.45) is 14.0. The third-order valence-electron chi connectivity index (χ3n) is 8.77. The molecule has 8 nitrogen and oxygen atoms in total. The molecule has 4 rings (SSSR count). The lowest BCUT2D eigenvalue weighted by Crippen LogP contribution is -2.53. The summed E-state index contributed by atoms with van der Waals surface area (Å²) in [7, 11) is 1.28. The van der Waals surface area contributed by atoms with Crippen molar-refractivity contribution in [2.24, 2.45) is 17.8 Å². The predicted molar refractivity (Wildman–Crippen MR) is 148 cm³/mol. The highest BCUT2D eigenvalue weighted by atomic mass is 19.1. The first-order valence-corrected chi connectivity index (χ1v) is 14.8. The van der Waals surface area contributed by atoms with Crippen molar-refractivity contribution >= 4 is 23.9 Å². The van der Waals surface area contributed by atoms with Crippen molar-refractivity contribution in [3.63, 3.8) is 0 Å². The number of carbonyl (C=O) groups is 3. The van der Waals surface area contributed by atoms with Crippen molar-refractivity contribution in [2.45, 2.75) is 88.9 Å². The molecule has 0 aromatic heterocycles. The summed E-state index contributed by atoms with van der Waals surface area (Å²) in [5.41, 5.74) is 1.31. The molecule has 1 saturated carbocycles. The molecule has 2 bridgehead atoms. The molecule has 1 aromatic carbocycles. The number of benzene rings is 1. The first-order valence-electron chi connectivity index (χ1n) is 14.8. The molecule has 2 saturated heterocycles. The van der Waals surface area contributed by atoms with Crippen molar-refractivity contribution in [1.82, 2.24) is 10.6 Å². The predicted octanol–water partition coefficient (Wildman–Crippen LogP) is 3.69. The number of nitrogens with one attached hydrogen (secondary N) is 2. The number of ether oxygens (including phenoxy) is 2. The zero-order valence-electron chi connectivity index (χ0n) is 23.4. The largest absolute Gasteiger partial charge is 0.466 e. The van der Waals surface area contributed by atoms with E-state index in [0.29, 0.717) is 24.1 Å². The molecule has 5 atom stereocenters. The molecular formula is C31H43FN2O6. The standard InChI is InChI=1S/C31H43FN2O6/c1-39-28(36)15-11-21-10-12-23(32)17-22(21)18-24-26-13-14-27(40-26)29(24)31(38)34-25(19-35)30(37)33-16-6-5-9-20-7-3-2-4-8-20/h10-12,15,17,20,24-27,29,35H,2-9,13-14,16,18-19H2,1H3,(H,33,37)(H,34,38). The molecule has 220 valence electrons. The second-order valence-electron chi connectivity index (χ2n) is 11.4. The SMILES string of the molecule is COC(=O)C=Cc1ccc(F)cc1CC1C2CCC(O2)C1C(=O)NC(CO)C(=O)NCCCCC1CCCCC1. The van der Waals surface area contributed by atoms with Gasteiger partial charge in [-0.05, 0) is 60.9 Å². The van der Waals surface area contributed by atoms with E-state index in [4.69, 9.17) is 4.74 Å². The van der Waals surface area contributed by atoms with Gasteiger partial charge in [-0.25, -0.2) is 9.18 Å². The molecule has 5 unspecified atom stereocenters. The van der Waals surface area contributed by atoms with E-state index in [0.717, 1.165) is 31.6 Å². The second-order valence-corrected chi connectivity index (χ2v) is 11.4. The van der Waals surface area contributed by atoms with Gasteiger partial charge in [-0.15, -0.1) is 0 Å². The average Bonchev–Trinajstić information content (AvgIpc) is 3.57. The van der Waals surface area contributed by atoms with E-state index in [1.54, 1.807) is 12.1 Å². The monoisotopic (exact) mass is 558 g/mol. The molecule has 1 aliphatic carbocycles. The Bertz CT molecular complexity index is 1060. The first-order chi connectivity index (χ1) is 19.4. The van der Waals surface area contributed by atoms with Gasteiger partial charge >= 0.3 is 5.97 Å². The van der Waals surface area contributed by atoms with Crippen LogP contribution in [0, 0.1) is 23.6 Å². The molecule has 3 aliphatic rings. The third-order valence-corrected chi connectivity index (χ3v) is 8.77. The zero-order chi connectivity index (χ0) is 28.5. The summed E-state index contributed by atoms with van der Waals surface area (Å²) in [5, 5.41) is 15.5. The van der Waals surface area contributed by atoms with Gasteiger partial charge in [0, 0.05) is 18.5 Å². The molecule has 1 aromatic rings. The lowest BCUT2D eigenvalue weighted by atomic mass is 9.75. The molecule has 0 spiro atoms. The Hall–Kier alpha value is -2.78. The molecule has 2 amide bonds. The summed E-state index contributed by atoms with van der Waals surface area (Å²) >= 11 is 0. The quantitative estimate of drug-likeness (QED) is 0.193. The fourth-order valence-corrected chi connectivity index (χ4v) is 6.62. The number of rotatable bonds is 13. The van der Waals surface area contributed by atoms with Gasteiger partial charge in [0.2, 0.25) is 11.8 Å². The number of amides is 2. The number of halogens is 1. The van der Waals surface area contributed by atoms with E-state index in [9.17, 15) is 23.9 Å². The van der Waals surface area contributed by atoms with E-state index >= 15 is 0 Å². The number of fused-ring (bicyclic) bond motifs is 2. The van der Waals surface area contributed by atoms with Gasteiger partial charge in [-0.1, -0.05) is 51.0 Å². The number of carbonyl (C=O) groups excluding carboxylic acids is 3. The Kier molecular flexibility index (Phi) is 11.1. The number of methoxy groups -OCH3 is 1. The minimum absolute atomic E-state index is 0.160. The molecule has 40 heavy (non-hydrogen) atoms. The summed E-state index contributed by atoms with van der Waals surface area (Å²) in [6.45, 7) is 0.0115. The molecule has 3 N–H and O–H groups in total. The Balaban J connectivity index is 1.33. The summed E-state index contributed by atoms with van der Waals surface area (Å²) in [5.74, 6) is -1.62. The molecule has 0 radical (unpaired) electrons. The maximum atomic E-state index is 14.2. The topological polar surface area (TPSA) is 114 Å². The second kappa shape index (κ2) is 14.7. The Morgan fingerprint density at radius 1 is 1.12 bits per heavy atom. The fraction of sp³-hybridized carbons (Fsp3) is 0.645. The van der Waals surface area contributed by atoms with Crippen LogP contribution in [0.3, 0.4) is 0 Å². The highest BCUT2D eigenvalue weighted by Gasteiger charge is 2.52. The number of hydrogen-bond donors (Lipinski definition) is 3. The van der Waals surface area contributed by atoms with Crippen molar-refractivity contribution in [3.05, 3.63) is 41.2 Å². The van der Waals surface area contributed by atoms with Gasteiger partial charge < -0.3 is 25.2 Å². The zero-order valence-corrected chi connectivity index (χ0v) is 23.4. The van der Waals surface area contributed by atoms with E-state index in [1.165, 1.54) is 63.8 Å². The van der Waals surface area contributed by atoms with E-state index in [2.05, 4.69) is 15.4 Å². The number of hydrogen-bond acceptors (Lipinski definition) is 6. The fourth-order valence-electron chi connectivity index (χ4n) is 6.62. The van der Waals surface area contributed by atoms with Crippen molar-refractivity contribution < 1.29 is 33.4 Å². The van der Waals surface area contributed by atoms with Crippen LogP contribution in [-0.4, -0.2) is 61.4 Å². The van der Waals surface area contributed by atoms with E-state index < -0.39 is 36.3 Å². The summed E-state index contributed by atoms with van der Waals surface area (Å²) < 4.78 is 24.9. The van der Waals surface area contributed by atoms with Gasteiger partial charge in [-0.3, -0.25) is 9.59 Å². The highest BCUT2D eigenvalue weighted by Crippen LogP contribution is 2.45. The summed E-state index contributed by atoms with van der Waals surface area (Å²) in [6, 6.07) is 3.28. The van der Waals surface area contributed by atoms with Crippen LogP contribution in [0.25, 0.3) is 6.08 Å². The molecule has 2 aliphatic heterocycles. The van der Waals surface area contributed by atoms with Gasteiger partial charge in [0.05, 0.1) is 31.8 Å². The van der Waals surface area contributed by atoms with Crippen LogP contribution >= 0.6 is 0 Å². The molecule has 2 heterocycles. The minimum Gasteiger partial charge on any atom is -0.466 e. The third kappa shape index (κ3) is 7.91. The van der Waals surface area contributed by atoms with Crippen molar-refractivity contribution in [3.8, 4) is 0 Å². The van der Waals surface area contributed by atoms with Gasteiger partial charge in [0.15, 0.2) is 0 Å². The summed E-state index contributed by atoms with van der Waals surface area (Å²) in [4.78, 5) is 37.8. The Labute approximate surface area is 236 Å². The lowest BCUT2D eigenvalue weighted by Gasteiger charge is -2.29. The maximum Gasteiger partial charge on any atom is 0.330 e.